The Kier molecular flexibility index (Phi) is 4.15. The Labute approximate surface area is 109 Å². The molecule has 18 heavy (non-hydrogen) atoms. The van der Waals surface area contributed by atoms with Crippen molar-refractivity contribution in [2.24, 2.45) is 0 Å². The lowest BCUT2D eigenvalue weighted by Gasteiger charge is -2.04. The van der Waals surface area contributed by atoms with Gasteiger partial charge in [-0.1, -0.05) is 12.1 Å². The Balaban J connectivity index is 2.03. The summed E-state index contributed by atoms with van der Waals surface area (Å²) >= 11 is 1.21. The number of carbonyl (C=O) groups excluding carboxylic acids is 1. The second-order valence-electron chi connectivity index (χ2n) is 3.67. The van der Waals surface area contributed by atoms with E-state index in [-0.39, 0.29) is 17.4 Å². The molecular formula is C13H13FN2OS. The summed E-state index contributed by atoms with van der Waals surface area (Å²) in [7, 11) is 0. The van der Waals surface area contributed by atoms with Crippen LogP contribution in [0.2, 0.25) is 0 Å². The lowest BCUT2D eigenvalue weighted by Crippen LogP contribution is -2.11. The van der Waals surface area contributed by atoms with Crippen LogP contribution in [0, 0.1) is 5.82 Å². The number of halogens is 1. The highest BCUT2D eigenvalue weighted by molar-refractivity contribution is 8.00. The molecule has 1 aromatic heterocycles. The maximum Gasteiger partial charge on any atom is 0.191 e. The Hall–Kier alpha value is -1.62. The van der Waals surface area contributed by atoms with Gasteiger partial charge >= 0.3 is 0 Å². The van der Waals surface area contributed by atoms with E-state index in [2.05, 4.69) is 5.10 Å². The van der Waals surface area contributed by atoms with Crippen LogP contribution in [0.25, 0.3) is 0 Å². The van der Waals surface area contributed by atoms with E-state index in [0.29, 0.717) is 17.1 Å². The van der Waals surface area contributed by atoms with Crippen molar-refractivity contribution in [2.75, 3.05) is 5.75 Å². The molecule has 2 aromatic rings. The highest BCUT2D eigenvalue weighted by Gasteiger charge is 2.12. The van der Waals surface area contributed by atoms with E-state index in [4.69, 9.17) is 0 Å². The molecule has 0 radical (unpaired) electrons. The summed E-state index contributed by atoms with van der Waals surface area (Å²) in [4.78, 5) is 12.5. The highest BCUT2D eigenvalue weighted by Crippen LogP contribution is 2.22. The summed E-state index contributed by atoms with van der Waals surface area (Å²) in [5.41, 5.74) is 0.571. The smallest absolute Gasteiger partial charge is 0.191 e. The van der Waals surface area contributed by atoms with E-state index >= 15 is 0 Å². The minimum Gasteiger partial charge on any atom is -0.292 e. The van der Waals surface area contributed by atoms with E-state index < -0.39 is 0 Å². The van der Waals surface area contributed by atoms with E-state index in [9.17, 15) is 9.18 Å². The maximum absolute atomic E-state index is 13.4. The predicted octanol–water partition coefficient (Wildman–Crippen LogP) is 3.02. The number of Topliss-reactive ketones (excluding diaryl/α,β-unsaturated/α-hetero) is 1. The van der Waals surface area contributed by atoms with Gasteiger partial charge in [0, 0.05) is 17.6 Å². The van der Waals surface area contributed by atoms with Crippen molar-refractivity contribution in [2.45, 2.75) is 18.4 Å². The molecule has 3 nitrogen and oxygen atoms in total. The van der Waals surface area contributed by atoms with Crippen LogP contribution >= 0.6 is 11.8 Å². The van der Waals surface area contributed by atoms with Crippen molar-refractivity contribution >= 4 is 17.5 Å². The summed E-state index contributed by atoms with van der Waals surface area (Å²) in [5.74, 6) is -0.117. The number of hydrogen-bond donors (Lipinski definition) is 0. The fourth-order valence-corrected chi connectivity index (χ4v) is 2.42. The highest BCUT2D eigenvalue weighted by atomic mass is 32.2. The Morgan fingerprint density at radius 1 is 1.39 bits per heavy atom. The van der Waals surface area contributed by atoms with Crippen molar-refractivity contribution in [3.63, 3.8) is 0 Å². The number of benzene rings is 1. The van der Waals surface area contributed by atoms with Gasteiger partial charge in [-0.25, -0.2) is 4.39 Å². The Morgan fingerprint density at radius 2 is 2.17 bits per heavy atom. The number of aryl methyl sites for hydroxylation is 1. The van der Waals surface area contributed by atoms with Gasteiger partial charge in [0.2, 0.25) is 0 Å². The molecule has 0 unspecified atom stereocenters. The van der Waals surface area contributed by atoms with Crippen LogP contribution in [0.15, 0.2) is 41.4 Å². The van der Waals surface area contributed by atoms with Gasteiger partial charge in [-0.05, 0) is 25.1 Å². The largest absolute Gasteiger partial charge is 0.292 e. The second-order valence-corrected chi connectivity index (χ2v) is 4.69. The third kappa shape index (κ3) is 2.79. The van der Waals surface area contributed by atoms with Gasteiger partial charge in [-0.15, -0.1) is 11.8 Å². The van der Waals surface area contributed by atoms with Gasteiger partial charge < -0.3 is 0 Å². The van der Waals surface area contributed by atoms with Gasteiger partial charge in [0.1, 0.15) is 11.5 Å². The number of rotatable bonds is 5. The van der Waals surface area contributed by atoms with Crippen LogP contribution in [0.4, 0.5) is 4.39 Å². The van der Waals surface area contributed by atoms with Crippen LogP contribution < -0.4 is 0 Å². The van der Waals surface area contributed by atoms with Crippen LogP contribution in [0.5, 0.6) is 0 Å². The molecular weight excluding hydrogens is 251 g/mol. The summed E-state index contributed by atoms with van der Waals surface area (Å²) in [6.45, 7) is 2.58. The lowest BCUT2D eigenvalue weighted by atomic mass is 10.3. The summed E-state index contributed by atoms with van der Waals surface area (Å²) in [5, 5.41) is 4.04. The van der Waals surface area contributed by atoms with E-state index in [1.807, 2.05) is 6.92 Å². The molecule has 0 aliphatic rings. The van der Waals surface area contributed by atoms with Crippen molar-refractivity contribution in [3.8, 4) is 0 Å². The van der Waals surface area contributed by atoms with E-state index in [1.165, 1.54) is 17.8 Å². The molecule has 0 N–H and O–H groups in total. The maximum atomic E-state index is 13.4. The van der Waals surface area contributed by atoms with Gasteiger partial charge in [0.05, 0.1) is 5.75 Å². The minimum absolute atomic E-state index is 0.0393. The standard InChI is InChI=1S/C13H13FN2OS/c1-2-16-11(7-8-15-16)12(17)9-18-13-6-4-3-5-10(13)14/h3-8H,2,9H2,1H3. The van der Waals surface area contributed by atoms with E-state index in [0.717, 1.165) is 0 Å². The van der Waals surface area contributed by atoms with Gasteiger partial charge in [0.15, 0.2) is 5.78 Å². The van der Waals surface area contributed by atoms with Crippen molar-refractivity contribution in [1.29, 1.82) is 0 Å². The monoisotopic (exact) mass is 264 g/mol. The topological polar surface area (TPSA) is 34.9 Å². The average Bonchev–Trinajstić information content (AvgIpc) is 2.86. The molecule has 0 fully saturated rings. The zero-order chi connectivity index (χ0) is 13.0. The minimum atomic E-state index is -0.292. The van der Waals surface area contributed by atoms with Crippen molar-refractivity contribution < 1.29 is 9.18 Å². The first kappa shape index (κ1) is 12.8. The predicted molar refractivity (Wildman–Crippen MR) is 69.4 cm³/mol. The molecule has 0 saturated carbocycles. The fourth-order valence-electron chi connectivity index (χ4n) is 1.60. The van der Waals surface area contributed by atoms with Crippen LogP contribution in [0.3, 0.4) is 0 Å². The van der Waals surface area contributed by atoms with Crippen LogP contribution in [-0.4, -0.2) is 21.3 Å². The van der Waals surface area contributed by atoms with Crippen LogP contribution in [-0.2, 0) is 6.54 Å². The lowest BCUT2D eigenvalue weighted by molar-refractivity contribution is 0.101. The number of thioether (sulfide) groups is 1. The van der Waals surface area contributed by atoms with Crippen molar-refractivity contribution in [1.82, 2.24) is 9.78 Å². The zero-order valence-electron chi connectivity index (χ0n) is 9.97. The average molecular weight is 264 g/mol. The Morgan fingerprint density at radius 3 is 2.89 bits per heavy atom. The molecule has 0 saturated heterocycles. The first-order chi connectivity index (χ1) is 8.72. The normalized spacial score (nSPS) is 10.6. The third-order valence-corrected chi connectivity index (χ3v) is 3.55. The van der Waals surface area contributed by atoms with Crippen molar-refractivity contribution in [3.05, 3.63) is 48.0 Å². The van der Waals surface area contributed by atoms with Gasteiger partial charge in [0.25, 0.3) is 0 Å². The number of ketones is 1. The molecule has 0 amide bonds. The molecule has 0 atom stereocenters. The Bertz CT molecular complexity index is 553. The molecule has 5 heteroatoms. The number of aromatic nitrogens is 2. The SMILES string of the molecule is CCn1nccc1C(=O)CSc1ccccc1F. The third-order valence-electron chi connectivity index (χ3n) is 2.50. The summed E-state index contributed by atoms with van der Waals surface area (Å²) < 4.78 is 15.0. The molecule has 0 aliphatic heterocycles. The summed E-state index contributed by atoms with van der Waals surface area (Å²) in [6.07, 6.45) is 1.60. The summed E-state index contributed by atoms with van der Waals surface area (Å²) in [6, 6.07) is 8.14. The molecule has 94 valence electrons. The zero-order valence-corrected chi connectivity index (χ0v) is 10.8. The van der Waals surface area contributed by atoms with Crippen LogP contribution in [0.1, 0.15) is 17.4 Å². The number of hydrogen-bond acceptors (Lipinski definition) is 3. The second kappa shape index (κ2) is 5.82. The van der Waals surface area contributed by atoms with E-state index in [1.54, 1.807) is 35.1 Å². The van der Waals surface area contributed by atoms with Gasteiger partial charge in [-0.3, -0.25) is 9.48 Å². The first-order valence-electron chi connectivity index (χ1n) is 5.64. The number of nitrogens with zero attached hydrogens (tertiary/aromatic N) is 2. The molecule has 2 rings (SSSR count). The molecule has 0 aliphatic carbocycles. The van der Waals surface area contributed by atoms with Gasteiger partial charge in [-0.2, -0.15) is 5.10 Å². The quantitative estimate of drug-likeness (QED) is 0.615. The molecule has 1 heterocycles. The molecule has 1 aromatic carbocycles. The molecule has 0 spiro atoms. The number of carbonyl (C=O) groups is 1. The molecule has 0 bridgehead atoms. The fraction of sp³-hybridized carbons (Fsp3) is 0.231. The first-order valence-corrected chi connectivity index (χ1v) is 6.63.